The van der Waals surface area contributed by atoms with Gasteiger partial charge in [0.2, 0.25) is 0 Å². The first-order chi connectivity index (χ1) is 5.41. The molecule has 1 aliphatic carbocycles. The number of rotatable bonds is 3. The van der Waals surface area contributed by atoms with Crippen LogP contribution in [0.1, 0.15) is 34.1 Å². The molecule has 0 aromatic carbocycles. The van der Waals surface area contributed by atoms with Crippen molar-refractivity contribution in [2.75, 3.05) is 6.54 Å². The lowest BCUT2D eigenvalue weighted by Gasteiger charge is -2.27. The van der Waals surface area contributed by atoms with Crippen molar-refractivity contribution in [2.24, 2.45) is 17.1 Å². The third kappa shape index (κ3) is 2.76. The summed E-state index contributed by atoms with van der Waals surface area (Å²) in [6, 6.07) is 1.02. The lowest BCUT2D eigenvalue weighted by Crippen LogP contribution is -2.44. The first-order valence-electron chi connectivity index (χ1n) is 4.90. The summed E-state index contributed by atoms with van der Waals surface area (Å²) >= 11 is 0. The highest BCUT2D eigenvalue weighted by atomic mass is 15.0. The predicted molar refractivity (Wildman–Crippen MR) is 53.0 cm³/mol. The molecule has 1 rings (SSSR count). The molecule has 0 aromatic rings. The number of hydrogen-bond donors (Lipinski definition) is 2. The second-order valence-electron chi connectivity index (χ2n) is 5.20. The van der Waals surface area contributed by atoms with Crippen LogP contribution in [0.5, 0.6) is 0 Å². The standard InChI is InChI=1S/C10H22N2/c1-7-5-8(7)12-6-9(11)10(2,3)4/h7-9,12H,5-6,11H2,1-4H3. The van der Waals surface area contributed by atoms with Crippen LogP contribution in [0.3, 0.4) is 0 Å². The number of nitrogens with one attached hydrogen (secondary N) is 1. The van der Waals surface area contributed by atoms with Gasteiger partial charge in [0.25, 0.3) is 0 Å². The van der Waals surface area contributed by atoms with Crippen molar-refractivity contribution in [3.63, 3.8) is 0 Å². The molecule has 0 radical (unpaired) electrons. The van der Waals surface area contributed by atoms with Crippen LogP contribution >= 0.6 is 0 Å². The minimum atomic E-state index is 0.227. The first-order valence-corrected chi connectivity index (χ1v) is 4.90. The molecule has 12 heavy (non-hydrogen) atoms. The largest absolute Gasteiger partial charge is 0.326 e. The second-order valence-corrected chi connectivity index (χ2v) is 5.20. The molecule has 0 aliphatic heterocycles. The molecule has 1 aliphatic rings. The molecule has 3 atom stereocenters. The van der Waals surface area contributed by atoms with Gasteiger partial charge in [0, 0.05) is 18.6 Å². The van der Waals surface area contributed by atoms with Gasteiger partial charge < -0.3 is 11.1 Å². The second kappa shape index (κ2) is 3.35. The SMILES string of the molecule is CC1CC1NCC(N)C(C)(C)C. The summed E-state index contributed by atoms with van der Waals surface area (Å²) in [6.07, 6.45) is 1.33. The molecule has 0 aromatic heterocycles. The molecule has 3 unspecified atom stereocenters. The van der Waals surface area contributed by atoms with E-state index in [0.717, 1.165) is 18.5 Å². The zero-order valence-electron chi connectivity index (χ0n) is 8.72. The van der Waals surface area contributed by atoms with E-state index in [2.05, 4.69) is 33.0 Å². The Morgan fingerprint density at radius 2 is 2.00 bits per heavy atom. The quantitative estimate of drug-likeness (QED) is 0.671. The minimum Gasteiger partial charge on any atom is -0.326 e. The molecular formula is C10H22N2. The summed E-state index contributed by atoms with van der Waals surface area (Å²) in [5.74, 6) is 0.872. The molecule has 72 valence electrons. The van der Waals surface area contributed by atoms with Crippen LogP contribution in [-0.4, -0.2) is 18.6 Å². The Labute approximate surface area is 75.9 Å². The molecule has 2 heteroatoms. The fourth-order valence-electron chi connectivity index (χ4n) is 1.19. The number of hydrogen-bond acceptors (Lipinski definition) is 2. The monoisotopic (exact) mass is 170 g/mol. The molecule has 3 N–H and O–H groups in total. The third-order valence-corrected chi connectivity index (χ3v) is 2.82. The molecule has 0 heterocycles. The van der Waals surface area contributed by atoms with Crippen LogP contribution in [0, 0.1) is 11.3 Å². The highest BCUT2D eigenvalue weighted by Crippen LogP contribution is 2.29. The van der Waals surface area contributed by atoms with Gasteiger partial charge >= 0.3 is 0 Å². The molecule has 0 spiro atoms. The zero-order chi connectivity index (χ0) is 9.35. The molecule has 0 bridgehead atoms. The van der Waals surface area contributed by atoms with Gasteiger partial charge in [-0.25, -0.2) is 0 Å². The topological polar surface area (TPSA) is 38.0 Å². The van der Waals surface area contributed by atoms with Crippen LogP contribution in [0.4, 0.5) is 0 Å². The highest BCUT2D eigenvalue weighted by Gasteiger charge is 2.33. The zero-order valence-corrected chi connectivity index (χ0v) is 8.72. The average molecular weight is 170 g/mol. The lowest BCUT2D eigenvalue weighted by molar-refractivity contribution is 0.308. The Morgan fingerprint density at radius 3 is 2.33 bits per heavy atom. The fourth-order valence-corrected chi connectivity index (χ4v) is 1.19. The van der Waals surface area contributed by atoms with Gasteiger partial charge in [-0.15, -0.1) is 0 Å². The summed E-state index contributed by atoms with van der Waals surface area (Å²) in [6.45, 7) is 9.81. The lowest BCUT2D eigenvalue weighted by atomic mass is 9.87. The maximum absolute atomic E-state index is 6.01. The van der Waals surface area contributed by atoms with Crippen molar-refractivity contribution in [3.8, 4) is 0 Å². The van der Waals surface area contributed by atoms with E-state index in [-0.39, 0.29) is 11.5 Å². The van der Waals surface area contributed by atoms with Gasteiger partial charge in [-0.3, -0.25) is 0 Å². The van der Waals surface area contributed by atoms with Gasteiger partial charge in [0.15, 0.2) is 0 Å². The highest BCUT2D eigenvalue weighted by molar-refractivity contribution is 4.91. The number of nitrogens with two attached hydrogens (primary N) is 1. The first kappa shape index (κ1) is 10.0. The normalized spacial score (nSPS) is 31.8. The van der Waals surface area contributed by atoms with Crippen LogP contribution in [0.25, 0.3) is 0 Å². The maximum atomic E-state index is 6.01. The molecule has 2 nitrogen and oxygen atoms in total. The van der Waals surface area contributed by atoms with Crippen LogP contribution in [-0.2, 0) is 0 Å². The van der Waals surface area contributed by atoms with Gasteiger partial charge in [-0.1, -0.05) is 27.7 Å². The van der Waals surface area contributed by atoms with Crippen LogP contribution in [0.2, 0.25) is 0 Å². The van der Waals surface area contributed by atoms with Gasteiger partial charge in [0.1, 0.15) is 0 Å². The maximum Gasteiger partial charge on any atom is 0.0214 e. The molecular weight excluding hydrogens is 148 g/mol. The Morgan fingerprint density at radius 1 is 1.50 bits per heavy atom. The molecule has 0 saturated heterocycles. The van der Waals surface area contributed by atoms with E-state index < -0.39 is 0 Å². The van der Waals surface area contributed by atoms with Crippen molar-refractivity contribution >= 4 is 0 Å². The molecule has 1 saturated carbocycles. The Bertz CT molecular complexity index is 148. The summed E-state index contributed by atoms with van der Waals surface area (Å²) in [4.78, 5) is 0. The van der Waals surface area contributed by atoms with E-state index in [9.17, 15) is 0 Å². The molecule has 1 fully saturated rings. The smallest absolute Gasteiger partial charge is 0.0214 e. The van der Waals surface area contributed by atoms with Crippen molar-refractivity contribution in [3.05, 3.63) is 0 Å². The minimum absolute atomic E-state index is 0.227. The van der Waals surface area contributed by atoms with Crippen LogP contribution in [0.15, 0.2) is 0 Å². The predicted octanol–water partition coefficient (Wildman–Crippen LogP) is 1.36. The van der Waals surface area contributed by atoms with E-state index in [1.54, 1.807) is 0 Å². The summed E-state index contributed by atoms with van der Waals surface area (Å²) in [5.41, 5.74) is 6.24. The summed E-state index contributed by atoms with van der Waals surface area (Å²) < 4.78 is 0. The van der Waals surface area contributed by atoms with E-state index in [0.29, 0.717) is 0 Å². The van der Waals surface area contributed by atoms with Gasteiger partial charge in [0.05, 0.1) is 0 Å². The van der Waals surface area contributed by atoms with Crippen LogP contribution < -0.4 is 11.1 Å². The van der Waals surface area contributed by atoms with Gasteiger partial charge in [-0.05, 0) is 17.8 Å². The van der Waals surface area contributed by atoms with E-state index in [1.807, 2.05) is 0 Å². The van der Waals surface area contributed by atoms with E-state index in [4.69, 9.17) is 5.73 Å². The third-order valence-electron chi connectivity index (χ3n) is 2.82. The Kier molecular flexibility index (Phi) is 2.79. The Hall–Kier alpha value is -0.0800. The Balaban J connectivity index is 2.14. The van der Waals surface area contributed by atoms with Crippen molar-refractivity contribution in [1.82, 2.24) is 5.32 Å². The van der Waals surface area contributed by atoms with Gasteiger partial charge in [-0.2, -0.15) is 0 Å². The van der Waals surface area contributed by atoms with Crippen molar-refractivity contribution in [1.29, 1.82) is 0 Å². The summed E-state index contributed by atoms with van der Waals surface area (Å²) in [7, 11) is 0. The summed E-state index contributed by atoms with van der Waals surface area (Å²) in [5, 5.41) is 3.49. The van der Waals surface area contributed by atoms with Crippen molar-refractivity contribution < 1.29 is 0 Å². The van der Waals surface area contributed by atoms with E-state index in [1.165, 1.54) is 6.42 Å². The van der Waals surface area contributed by atoms with Crippen molar-refractivity contribution in [2.45, 2.75) is 46.2 Å². The average Bonchev–Trinajstić information content (AvgIpc) is 2.59. The van der Waals surface area contributed by atoms with E-state index >= 15 is 0 Å². The molecule has 0 amide bonds. The fraction of sp³-hybridized carbons (Fsp3) is 1.00.